The maximum Gasteiger partial charge on any atom is 0.323 e. The fourth-order valence-electron chi connectivity index (χ4n) is 3.26. The largest absolute Gasteiger partial charge is 0.480 e. The van der Waals surface area contributed by atoms with E-state index < -0.39 is 11.5 Å². The first kappa shape index (κ1) is 17.4. The second kappa shape index (κ2) is 7.99. The molecule has 4 nitrogen and oxygen atoms in total. The maximum absolute atomic E-state index is 11.6. The van der Waals surface area contributed by atoms with E-state index in [-0.39, 0.29) is 6.04 Å². The molecule has 0 amide bonds. The third-order valence-electron chi connectivity index (χ3n) is 4.35. The molecule has 2 unspecified atom stereocenters. The van der Waals surface area contributed by atoms with E-state index in [1.807, 2.05) is 20.8 Å². The van der Waals surface area contributed by atoms with Gasteiger partial charge in [-0.1, -0.05) is 19.8 Å². The zero-order valence-corrected chi connectivity index (χ0v) is 13.6. The second-order valence-electron chi connectivity index (χ2n) is 6.66. The van der Waals surface area contributed by atoms with Crippen LogP contribution < -0.4 is 5.32 Å². The summed E-state index contributed by atoms with van der Waals surface area (Å²) in [6.07, 6.45) is 6.96. The number of hydrogen-bond donors (Lipinski definition) is 2. The molecular formula is C16H32N2O2. The Labute approximate surface area is 123 Å². The van der Waals surface area contributed by atoms with Gasteiger partial charge in [-0.15, -0.1) is 0 Å². The Bertz CT molecular complexity index is 305. The summed E-state index contributed by atoms with van der Waals surface area (Å²) in [4.78, 5) is 14.1. The fourth-order valence-corrected chi connectivity index (χ4v) is 3.26. The lowest BCUT2D eigenvalue weighted by Gasteiger charge is -2.38. The minimum atomic E-state index is -0.817. The van der Waals surface area contributed by atoms with Gasteiger partial charge in [0.05, 0.1) is 0 Å². The van der Waals surface area contributed by atoms with Crippen molar-refractivity contribution in [3.05, 3.63) is 0 Å². The highest BCUT2D eigenvalue weighted by molar-refractivity contribution is 5.78. The van der Waals surface area contributed by atoms with E-state index in [0.29, 0.717) is 12.5 Å². The molecule has 0 spiro atoms. The zero-order valence-electron chi connectivity index (χ0n) is 13.6. The Balaban J connectivity index is 2.58. The van der Waals surface area contributed by atoms with Crippen molar-refractivity contribution >= 4 is 5.97 Å². The Morgan fingerprint density at radius 1 is 1.45 bits per heavy atom. The molecule has 0 aromatic carbocycles. The molecule has 4 heteroatoms. The molecule has 0 aliphatic carbocycles. The van der Waals surface area contributed by atoms with Gasteiger partial charge < -0.3 is 10.0 Å². The second-order valence-corrected chi connectivity index (χ2v) is 6.66. The van der Waals surface area contributed by atoms with Crippen molar-refractivity contribution in [2.75, 3.05) is 13.1 Å². The molecule has 2 N–H and O–H groups in total. The molecule has 0 saturated carbocycles. The molecule has 1 rings (SSSR count). The number of likely N-dealkylation sites (tertiary alicyclic amines) is 1. The van der Waals surface area contributed by atoms with E-state index in [4.69, 9.17) is 0 Å². The normalized spacial score (nSPS) is 23.8. The molecule has 0 aromatic heterocycles. The van der Waals surface area contributed by atoms with Crippen molar-refractivity contribution in [1.29, 1.82) is 0 Å². The van der Waals surface area contributed by atoms with Crippen molar-refractivity contribution in [3.8, 4) is 0 Å². The average Bonchev–Trinajstić information content (AvgIpc) is 2.37. The summed E-state index contributed by atoms with van der Waals surface area (Å²) >= 11 is 0. The number of rotatable bonds is 8. The molecule has 1 heterocycles. The van der Waals surface area contributed by atoms with Crippen LogP contribution in [0.25, 0.3) is 0 Å². The van der Waals surface area contributed by atoms with Gasteiger partial charge in [0.2, 0.25) is 0 Å². The summed E-state index contributed by atoms with van der Waals surface area (Å²) < 4.78 is 0. The monoisotopic (exact) mass is 284 g/mol. The van der Waals surface area contributed by atoms with Gasteiger partial charge in [0.25, 0.3) is 0 Å². The number of piperidine rings is 1. The molecule has 0 bridgehead atoms. The predicted octanol–water partition coefficient (Wildman–Crippen LogP) is 2.87. The van der Waals surface area contributed by atoms with Crippen molar-refractivity contribution in [2.45, 2.75) is 83.8 Å². The van der Waals surface area contributed by atoms with Crippen molar-refractivity contribution in [1.82, 2.24) is 10.2 Å². The average molecular weight is 284 g/mol. The highest BCUT2D eigenvalue weighted by atomic mass is 16.4. The zero-order chi connectivity index (χ0) is 15.2. The third kappa shape index (κ3) is 5.06. The summed E-state index contributed by atoms with van der Waals surface area (Å²) in [7, 11) is 0. The number of nitrogens with one attached hydrogen (secondary N) is 1. The molecule has 2 atom stereocenters. The van der Waals surface area contributed by atoms with Crippen LogP contribution in [0.15, 0.2) is 0 Å². The SMILES string of the molecule is CCCC1CCCCN1CCC(C)(NC(C)C)C(=O)O. The van der Waals surface area contributed by atoms with Gasteiger partial charge in [-0.3, -0.25) is 10.1 Å². The van der Waals surface area contributed by atoms with Crippen LogP contribution in [-0.4, -0.2) is 46.7 Å². The molecule has 1 saturated heterocycles. The van der Waals surface area contributed by atoms with Gasteiger partial charge in [-0.05, 0) is 53.0 Å². The molecule has 20 heavy (non-hydrogen) atoms. The lowest BCUT2D eigenvalue weighted by atomic mass is 9.93. The standard InChI is InChI=1S/C16H32N2O2/c1-5-8-14-9-6-7-11-18(14)12-10-16(4,15(19)20)17-13(2)3/h13-14,17H,5-12H2,1-4H3,(H,19,20). The Morgan fingerprint density at radius 3 is 2.70 bits per heavy atom. The first-order valence-electron chi connectivity index (χ1n) is 8.14. The molecule has 1 aliphatic heterocycles. The number of carboxylic acids is 1. The van der Waals surface area contributed by atoms with Crippen molar-refractivity contribution in [3.63, 3.8) is 0 Å². The maximum atomic E-state index is 11.6. The first-order valence-corrected chi connectivity index (χ1v) is 8.14. The van der Waals surface area contributed by atoms with Gasteiger partial charge in [0.15, 0.2) is 0 Å². The van der Waals surface area contributed by atoms with Gasteiger partial charge in [-0.25, -0.2) is 0 Å². The van der Waals surface area contributed by atoms with Crippen LogP contribution in [0.1, 0.15) is 66.2 Å². The van der Waals surface area contributed by atoms with Crippen LogP contribution in [0.2, 0.25) is 0 Å². The molecule has 0 radical (unpaired) electrons. The third-order valence-corrected chi connectivity index (χ3v) is 4.35. The number of nitrogens with zero attached hydrogens (tertiary/aromatic N) is 1. The van der Waals surface area contributed by atoms with Gasteiger partial charge in [0.1, 0.15) is 5.54 Å². The Morgan fingerprint density at radius 2 is 2.15 bits per heavy atom. The van der Waals surface area contributed by atoms with E-state index in [1.54, 1.807) is 0 Å². The minimum Gasteiger partial charge on any atom is -0.480 e. The number of hydrogen-bond acceptors (Lipinski definition) is 3. The quantitative estimate of drug-likeness (QED) is 0.719. The van der Waals surface area contributed by atoms with Crippen LogP contribution >= 0.6 is 0 Å². The topological polar surface area (TPSA) is 52.6 Å². The smallest absolute Gasteiger partial charge is 0.323 e. The van der Waals surface area contributed by atoms with Gasteiger partial charge in [-0.2, -0.15) is 0 Å². The van der Waals surface area contributed by atoms with Crippen LogP contribution in [0.4, 0.5) is 0 Å². The van der Waals surface area contributed by atoms with Crippen molar-refractivity contribution in [2.24, 2.45) is 0 Å². The lowest BCUT2D eigenvalue weighted by molar-refractivity contribution is -0.145. The van der Waals surface area contributed by atoms with E-state index in [1.165, 1.54) is 32.1 Å². The molecular weight excluding hydrogens is 252 g/mol. The summed E-state index contributed by atoms with van der Waals surface area (Å²) in [5.74, 6) is -0.741. The predicted molar refractivity (Wildman–Crippen MR) is 83.0 cm³/mol. The van der Waals surface area contributed by atoms with Crippen LogP contribution in [0.5, 0.6) is 0 Å². The van der Waals surface area contributed by atoms with Crippen LogP contribution in [0, 0.1) is 0 Å². The number of aliphatic carboxylic acids is 1. The summed E-state index contributed by atoms with van der Waals surface area (Å²) in [6, 6.07) is 0.842. The number of carboxylic acid groups (broad SMARTS) is 1. The van der Waals surface area contributed by atoms with Crippen molar-refractivity contribution < 1.29 is 9.90 Å². The molecule has 1 fully saturated rings. The summed E-state index contributed by atoms with van der Waals surface area (Å²) in [5, 5.41) is 12.7. The first-order chi connectivity index (χ1) is 9.39. The summed E-state index contributed by atoms with van der Waals surface area (Å²) in [6.45, 7) is 10.1. The summed E-state index contributed by atoms with van der Waals surface area (Å²) in [5.41, 5.74) is -0.817. The minimum absolute atomic E-state index is 0.184. The van der Waals surface area contributed by atoms with Crippen LogP contribution in [0.3, 0.4) is 0 Å². The molecule has 118 valence electrons. The van der Waals surface area contributed by atoms with Crippen LogP contribution in [-0.2, 0) is 4.79 Å². The number of carbonyl (C=O) groups is 1. The highest BCUT2D eigenvalue weighted by Crippen LogP contribution is 2.23. The highest BCUT2D eigenvalue weighted by Gasteiger charge is 2.34. The Kier molecular flexibility index (Phi) is 6.96. The van der Waals surface area contributed by atoms with E-state index in [9.17, 15) is 9.90 Å². The fraction of sp³-hybridized carbons (Fsp3) is 0.938. The Hall–Kier alpha value is -0.610. The van der Waals surface area contributed by atoms with Gasteiger partial charge in [0, 0.05) is 18.6 Å². The molecule has 1 aliphatic rings. The van der Waals surface area contributed by atoms with E-state index in [0.717, 1.165) is 13.1 Å². The van der Waals surface area contributed by atoms with E-state index >= 15 is 0 Å². The van der Waals surface area contributed by atoms with E-state index in [2.05, 4.69) is 17.1 Å². The molecule has 0 aromatic rings. The lowest BCUT2D eigenvalue weighted by Crippen LogP contribution is -2.54. The van der Waals surface area contributed by atoms with Gasteiger partial charge >= 0.3 is 5.97 Å².